The van der Waals surface area contributed by atoms with E-state index in [0.29, 0.717) is 12.5 Å². The lowest BCUT2D eigenvalue weighted by molar-refractivity contribution is -0.120. The maximum absolute atomic E-state index is 12.7. The Balaban J connectivity index is 1.26. The van der Waals surface area contributed by atoms with Gasteiger partial charge in [-0.1, -0.05) is 18.2 Å². The molecule has 0 unspecified atom stereocenters. The number of benzene rings is 1. The quantitative estimate of drug-likeness (QED) is 0.874. The number of β-amino-alcohol motifs (C(OH)–C–C–N with tert-alkyl or cyclic N) is 1. The van der Waals surface area contributed by atoms with E-state index in [0.717, 1.165) is 51.4 Å². The summed E-state index contributed by atoms with van der Waals surface area (Å²) >= 11 is 0. The van der Waals surface area contributed by atoms with Gasteiger partial charge in [0.25, 0.3) is 0 Å². The number of hydrogen-bond donors (Lipinski definition) is 1. The van der Waals surface area contributed by atoms with Crippen molar-refractivity contribution in [3.05, 3.63) is 29.8 Å². The van der Waals surface area contributed by atoms with Crippen LogP contribution in [0.5, 0.6) is 0 Å². The Morgan fingerprint density at radius 3 is 2.54 bits per heavy atom. The van der Waals surface area contributed by atoms with Gasteiger partial charge in [0.1, 0.15) is 0 Å². The average molecular weight is 329 g/mol. The minimum absolute atomic E-state index is 0.153. The molecule has 0 radical (unpaired) electrons. The molecule has 3 aliphatic rings. The largest absolute Gasteiger partial charge is 0.392 e. The molecule has 5 nitrogen and oxygen atoms in total. The number of para-hydroxylation sites is 1. The van der Waals surface area contributed by atoms with Crippen molar-refractivity contribution in [1.82, 2.24) is 9.80 Å². The Kier molecular flexibility index (Phi) is 4.57. The monoisotopic (exact) mass is 329 g/mol. The molecule has 1 saturated heterocycles. The summed E-state index contributed by atoms with van der Waals surface area (Å²) in [5, 5.41) is 10.1. The van der Waals surface area contributed by atoms with Crippen molar-refractivity contribution in [2.45, 2.75) is 25.4 Å². The Labute approximate surface area is 143 Å². The summed E-state index contributed by atoms with van der Waals surface area (Å²) in [5.41, 5.74) is 2.37. The number of aliphatic hydroxyl groups is 1. The third kappa shape index (κ3) is 3.48. The average Bonchev–Trinajstić information content (AvgIpc) is 3.36. The summed E-state index contributed by atoms with van der Waals surface area (Å²) in [5.74, 6) is 0.756. The third-order valence-corrected chi connectivity index (χ3v) is 5.62. The molecule has 1 aromatic rings. The van der Waals surface area contributed by atoms with Crippen LogP contribution >= 0.6 is 0 Å². The number of nitrogens with zero attached hydrogens (tertiary/aromatic N) is 3. The number of rotatable bonds is 5. The molecule has 1 N–H and O–H groups in total. The summed E-state index contributed by atoms with van der Waals surface area (Å²) in [7, 11) is 0. The molecule has 5 heteroatoms. The van der Waals surface area contributed by atoms with E-state index in [4.69, 9.17) is 0 Å². The second kappa shape index (κ2) is 6.82. The van der Waals surface area contributed by atoms with Gasteiger partial charge in [-0.05, 0) is 36.8 Å². The van der Waals surface area contributed by atoms with Crippen LogP contribution in [0.3, 0.4) is 0 Å². The molecule has 2 aliphatic heterocycles. The zero-order valence-electron chi connectivity index (χ0n) is 14.2. The molecular weight excluding hydrogens is 302 g/mol. The van der Waals surface area contributed by atoms with Gasteiger partial charge in [0.2, 0.25) is 5.91 Å². The van der Waals surface area contributed by atoms with Gasteiger partial charge in [0.15, 0.2) is 0 Å². The van der Waals surface area contributed by atoms with Gasteiger partial charge in [0, 0.05) is 45.0 Å². The van der Waals surface area contributed by atoms with Gasteiger partial charge in [0.05, 0.1) is 12.6 Å². The number of carbonyl (C=O) groups is 1. The summed E-state index contributed by atoms with van der Waals surface area (Å²) < 4.78 is 0. The van der Waals surface area contributed by atoms with E-state index < -0.39 is 0 Å². The predicted molar refractivity (Wildman–Crippen MR) is 94.1 cm³/mol. The van der Waals surface area contributed by atoms with E-state index in [-0.39, 0.29) is 12.0 Å². The van der Waals surface area contributed by atoms with Crippen LogP contribution in [0, 0.1) is 5.92 Å². The van der Waals surface area contributed by atoms with Crippen LogP contribution in [0.2, 0.25) is 0 Å². The highest BCUT2D eigenvalue weighted by atomic mass is 16.3. The fraction of sp³-hybridized carbons (Fsp3) is 0.632. The Bertz CT molecular complexity index is 594. The van der Waals surface area contributed by atoms with Crippen LogP contribution in [0.15, 0.2) is 24.3 Å². The highest BCUT2D eigenvalue weighted by molar-refractivity contribution is 5.96. The molecule has 130 valence electrons. The molecule has 1 aliphatic carbocycles. The van der Waals surface area contributed by atoms with Crippen molar-refractivity contribution in [1.29, 1.82) is 0 Å². The minimum Gasteiger partial charge on any atom is -0.392 e. The number of anilines is 1. The second-order valence-electron chi connectivity index (χ2n) is 7.41. The van der Waals surface area contributed by atoms with Crippen LogP contribution in [0.25, 0.3) is 0 Å². The number of amides is 1. The van der Waals surface area contributed by atoms with E-state index in [9.17, 15) is 9.90 Å². The number of aliphatic hydroxyl groups excluding tert-OH is 1. The molecule has 0 spiro atoms. The lowest BCUT2D eigenvalue weighted by Crippen LogP contribution is -2.51. The number of hydrogen-bond acceptors (Lipinski definition) is 4. The number of fused-ring (bicyclic) bond motifs is 1. The predicted octanol–water partition coefficient (Wildman–Crippen LogP) is 0.964. The molecule has 1 amide bonds. The first kappa shape index (κ1) is 16.1. The first-order chi connectivity index (χ1) is 11.7. The second-order valence-corrected chi connectivity index (χ2v) is 7.41. The summed E-state index contributed by atoms with van der Waals surface area (Å²) in [6.07, 6.45) is 3.19. The summed E-state index contributed by atoms with van der Waals surface area (Å²) in [6, 6.07) is 8.22. The molecule has 2 heterocycles. The molecule has 1 saturated carbocycles. The Morgan fingerprint density at radius 2 is 1.79 bits per heavy atom. The first-order valence-electron chi connectivity index (χ1n) is 9.22. The van der Waals surface area contributed by atoms with Crippen LogP contribution < -0.4 is 4.90 Å². The van der Waals surface area contributed by atoms with Gasteiger partial charge in [-0.25, -0.2) is 0 Å². The van der Waals surface area contributed by atoms with Crippen molar-refractivity contribution in [2.75, 3.05) is 50.7 Å². The number of carbonyl (C=O) groups excluding carboxylic acids is 1. The van der Waals surface area contributed by atoms with Crippen LogP contribution in [0.1, 0.15) is 18.4 Å². The van der Waals surface area contributed by atoms with Crippen LogP contribution in [-0.2, 0) is 11.2 Å². The van der Waals surface area contributed by atoms with Gasteiger partial charge in [-0.15, -0.1) is 0 Å². The molecule has 24 heavy (non-hydrogen) atoms. The molecule has 0 bridgehead atoms. The third-order valence-electron chi connectivity index (χ3n) is 5.62. The number of piperazine rings is 1. The molecule has 4 rings (SSSR count). The maximum Gasteiger partial charge on any atom is 0.241 e. The standard InChI is InChI=1S/C19H27N3O2/c23-18(16-5-6-16)13-20-9-11-21(12-10-20)14-19(24)22-8-7-15-3-1-2-4-17(15)22/h1-4,16,18,23H,5-14H2/t18-/m0/s1. The van der Waals surface area contributed by atoms with Crippen molar-refractivity contribution in [2.24, 2.45) is 5.92 Å². The van der Waals surface area contributed by atoms with E-state index in [1.165, 1.54) is 18.4 Å². The van der Waals surface area contributed by atoms with Gasteiger partial charge in [-0.2, -0.15) is 0 Å². The smallest absolute Gasteiger partial charge is 0.241 e. The van der Waals surface area contributed by atoms with E-state index in [2.05, 4.69) is 21.9 Å². The van der Waals surface area contributed by atoms with Crippen molar-refractivity contribution in [3.8, 4) is 0 Å². The molecule has 1 aromatic carbocycles. The lowest BCUT2D eigenvalue weighted by atomic mass is 10.2. The lowest BCUT2D eigenvalue weighted by Gasteiger charge is -2.35. The Morgan fingerprint density at radius 1 is 1.08 bits per heavy atom. The van der Waals surface area contributed by atoms with E-state index >= 15 is 0 Å². The van der Waals surface area contributed by atoms with Gasteiger partial charge >= 0.3 is 0 Å². The van der Waals surface area contributed by atoms with Crippen LogP contribution in [-0.4, -0.2) is 72.7 Å². The van der Waals surface area contributed by atoms with Gasteiger partial charge in [-0.3, -0.25) is 14.6 Å². The summed E-state index contributed by atoms with van der Waals surface area (Å²) in [4.78, 5) is 19.2. The van der Waals surface area contributed by atoms with E-state index in [1.54, 1.807) is 0 Å². The highest BCUT2D eigenvalue weighted by Gasteiger charge is 2.32. The highest BCUT2D eigenvalue weighted by Crippen LogP contribution is 2.33. The van der Waals surface area contributed by atoms with Crippen LogP contribution in [0.4, 0.5) is 5.69 Å². The van der Waals surface area contributed by atoms with Gasteiger partial charge < -0.3 is 10.0 Å². The van der Waals surface area contributed by atoms with Crippen molar-refractivity contribution in [3.63, 3.8) is 0 Å². The normalized spacial score (nSPS) is 23.3. The van der Waals surface area contributed by atoms with E-state index in [1.807, 2.05) is 17.0 Å². The first-order valence-corrected chi connectivity index (χ1v) is 9.22. The fourth-order valence-corrected chi connectivity index (χ4v) is 3.90. The zero-order chi connectivity index (χ0) is 16.5. The molecular formula is C19H27N3O2. The topological polar surface area (TPSA) is 47.0 Å². The summed E-state index contributed by atoms with van der Waals surface area (Å²) in [6.45, 7) is 5.85. The maximum atomic E-state index is 12.7. The van der Waals surface area contributed by atoms with Crippen molar-refractivity contribution < 1.29 is 9.90 Å². The molecule has 1 atom stereocenters. The SMILES string of the molecule is O=C(CN1CCN(C[C@H](O)C2CC2)CC1)N1CCc2ccccc21. The van der Waals surface area contributed by atoms with Crippen molar-refractivity contribution >= 4 is 11.6 Å². The Hall–Kier alpha value is -1.43. The minimum atomic E-state index is -0.153. The fourth-order valence-electron chi connectivity index (χ4n) is 3.90. The molecule has 2 fully saturated rings. The zero-order valence-corrected chi connectivity index (χ0v) is 14.2. The molecule has 0 aromatic heterocycles.